The highest BCUT2D eigenvalue weighted by Crippen LogP contribution is 2.24. The number of anilines is 1. The molecule has 2 rings (SSSR count). The maximum absolute atomic E-state index is 12.5. The summed E-state index contributed by atoms with van der Waals surface area (Å²) < 4.78 is 0. The van der Waals surface area contributed by atoms with Crippen LogP contribution in [-0.2, 0) is 11.3 Å². The molecule has 2 aromatic carbocycles. The van der Waals surface area contributed by atoms with Crippen molar-refractivity contribution in [2.75, 3.05) is 24.7 Å². The fourth-order valence-corrected chi connectivity index (χ4v) is 3.69. The van der Waals surface area contributed by atoms with Crippen molar-refractivity contribution >= 4 is 23.4 Å². The summed E-state index contributed by atoms with van der Waals surface area (Å²) in [5, 5.41) is 12.9. The first-order valence-corrected chi connectivity index (χ1v) is 10.6. The second-order valence-corrected chi connectivity index (χ2v) is 7.80. The lowest BCUT2D eigenvalue weighted by Gasteiger charge is -2.33. The largest absolute Gasteiger partial charge is 0.395 e. The van der Waals surface area contributed by atoms with Crippen LogP contribution in [0.4, 0.5) is 5.69 Å². The molecule has 1 amide bonds. The third-order valence-electron chi connectivity index (χ3n) is 4.66. The average molecular weight is 387 g/mol. The van der Waals surface area contributed by atoms with E-state index < -0.39 is 0 Å². The van der Waals surface area contributed by atoms with Crippen molar-refractivity contribution in [2.24, 2.45) is 5.92 Å². The number of hydrogen-bond acceptors (Lipinski definition) is 4. The molecule has 2 N–H and O–H groups in total. The number of hydrogen-bond donors (Lipinski definition) is 2. The number of nitrogens with zero attached hydrogens (tertiary/aromatic N) is 1. The van der Waals surface area contributed by atoms with Gasteiger partial charge in [0.2, 0.25) is 5.91 Å². The van der Waals surface area contributed by atoms with Crippen molar-refractivity contribution in [3.8, 4) is 0 Å². The van der Waals surface area contributed by atoms with Crippen molar-refractivity contribution in [1.29, 1.82) is 0 Å². The zero-order chi connectivity index (χ0) is 19.6. The molecule has 5 heteroatoms. The molecule has 0 bridgehead atoms. The Bertz CT molecular complexity index is 706. The van der Waals surface area contributed by atoms with Crippen LogP contribution in [0.5, 0.6) is 0 Å². The molecule has 2 aromatic rings. The summed E-state index contributed by atoms with van der Waals surface area (Å²) >= 11 is 1.62. The van der Waals surface area contributed by atoms with E-state index in [9.17, 15) is 9.90 Å². The Morgan fingerprint density at radius 3 is 2.41 bits per heavy atom. The predicted molar refractivity (Wildman–Crippen MR) is 114 cm³/mol. The molecule has 0 fully saturated rings. The molecule has 146 valence electrons. The van der Waals surface area contributed by atoms with Gasteiger partial charge in [-0.15, -0.1) is 11.8 Å². The first-order chi connectivity index (χ1) is 13.0. The second-order valence-electron chi connectivity index (χ2n) is 6.95. The highest BCUT2D eigenvalue weighted by atomic mass is 32.2. The lowest BCUT2D eigenvalue weighted by Crippen LogP contribution is -2.42. The molecular weight excluding hydrogens is 356 g/mol. The van der Waals surface area contributed by atoms with E-state index in [0.29, 0.717) is 18.9 Å². The van der Waals surface area contributed by atoms with Gasteiger partial charge in [-0.25, -0.2) is 0 Å². The minimum absolute atomic E-state index is 0.00462. The molecule has 27 heavy (non-hydrogen) atoms. The number of aliphatic hydroxyl groups is 1. The summed E-state index contributed by atoms with van der Waals surface area (Å²) in [6, 6.07) is 18.0. The first-order valence-electron chi connectivity index (χ1n) is 9.36. The number of aliphatic hydroxyl groups excluding tert-OH is 1. The van der Waals surface area contributed by atoms with E-state index in [0.717, 1.165) is 17.1 Å². The molecule has 0 aliphatic carbocycles. The molecule has 0 aliphatic heterocycles. The Labute approximate surface area is 167 Å². The lowest BCUT2D eigenvalue weighted by atomic mass is 10.0. The topological polar surface area (TPSA) is 52.6 Å². The fraction of sp³-hybridized carbons (Fsp3) is 0.409. The quantitative estimate of drug-likeness (QED) is 0.599. The summed E-state index contributed by atoms with van der Waals surface area (Å²) in [5.41, 5.74) is 2.04. The number of benzene rings is 2. The zero-order valence-corrected chi connectivity index (χ0v) is 17.2. The van der Waals surface area contributed by atoms with Gasteiger partial charge >= 0.3 is 0 Å². The fourth-order valence-electron chi connectivity index (χ4n) is 3.13. The van der Waals surface area contributed by atoms with E-state index >= 15 is 0 Å². The Hall–Kier alpha value is -1.82. The van der Waals surface area contributed by atoms with Gasteiger partial charge in [0, 0.05) is 30.4 Å². The Kier molecular flexibility index (Phi) is 8.85. The van der Waals surface area contributed by atoms with Crippen molar-refractivity contribution in [3.05, 3.63) is 60.2 Å². The Morgan fingerprint density at radius 2 is 1.78 bits per heavy atom. The van der Waals surface area contributed by atoms with E-state index in [2.05, 4.69) is 36.2 Å². The zero-order valence-electron chi connectivity index (χ0n) is 16.4. The van der Waals surface area contributed by atoms with Crippen molar-refractivity contribution in [3.63, 3.8) is 0 Å². The van der Waals surface area contributed by atoms with Gasteiger partial charge in [-0.1, -0.05) is 56.3 Å². The number of rotatable bonds is 10. The summed E-state index contributed by atoms with van der Waals surface area (Å²) in [5.74, 6) is 0.300. The van der Waals surface area contributed by atoms with Gasteiger partial charge < -0.3 is 10.4 Å². The van der Waals surface area contributed by atoms with Crippen LogP contribution in [0.3, 0.4) is 0 Å². The maximum Gasteiger partial charge on any atom is 0.225 e. The van der Waals surface area contributed by atoms with E-state index in [-0.39, 0.29) is 18.6 Å². The van der Waals surface area contributed by atoms with E-state index in [4.69, 9.17) is 0 Å². The van der Waals surface area contributed by atoms with Crippen LogP contribution in [0, 0.1) is 5.92 Å². The third-order valence-corrected chi connectivity index (χ3v) is 5.46. The third kappa shape index (κ3) is 6.69. The van der Waals surface area contributed by atoms with Crippen molar-refractivity contribution in [1.82, 2.24) is 4.90 Å². The highest BCUT2D eigenvalue weighted by Gasteiger charge is 2.22. The molecule has 0 aliphatic rings. The molecule has 0 radical (unpaired) electrons. The number of amides is 1. The van der Waals surface area contributed by atoms with Gasteiger partial charge in [-0.3, -0.25) is 9.69 Å². The smallest absolute Gasteiger partial charge is 0.225 e. The minimum atomic E-state index is -0.00462. The minimum Gasteiger partial charge on any atom is -0.395 e. The van der Waals surface area contributed by atoms with Crippen LogP contribution >= 0.6 is 11.8 Å². The molecule has 1 atom stereocenters. The average Bonchev–Trinajstić information content (AvgIpc) is 2.67. The highest BCUT2D eigenvalue weighted by molar-refractivity contribution is 7.98. The van der Waals surface area contributed by atoms with Crippen molar-refractivity contribution < 1.29 is 9.90 Å². The van der Waals surface area contributed by atoms with E-state index in [1.165, 1.54) is 5.56 Å². The van der Waals surface area contributed by atoms with Crippen LogP contribution in [0.25, 0.3) is 0 Å². The van der Waals surface area contributed by atoms with E-state index in [1.807, 2.05) is 48.7 Å². The number of para-hydroxylation sites is 1. The number of carbonyl (C=O) groups excluding carboxylic acids is 1. The van der Waals surface area contributed by atoms with Crippen LogP contribution in [-0.4, -0.2) is 41.4 Å². The standard InChI is InChI=1S/C22H30N2O2S/c1-17(2)20(16-25)24(15-18-9-5-4-6-10-18)14-13-22(26)23-19-11-7-8-12-21(19)27-3/h4-12,17,20,25H,13-16H2,1-3H3,(H,23,26). The summed E-state index contributed by atoms with van der Waals surface area (Å²) in [6.45, 7) is 5.62. The molecule has 4 nitrogen and oxygen atoms in total. The molecule has 0 saturated heterocycles. The Morgan fingerprint density at radius 1 is 1.11 bits per heavy atom. The van der Waals surface area contributed by atoms with Crippen LogP contribution in [0.2, 0.25) is 0 Å². The number of carbonyl (C=O) groups is 1. The maximum atomic E-state index is 12.5. The molecule has 0 aromatic heterocycles. The van der Waals surface area contributed by atoms with Crippen LogP contribution in [0.1, 0.15) is 25.8 Å². The van der Waals surface area contributed by atoms with Gasteiger partial charge in [0.05, 0.1) is 12.3 Å². The lowest BCUT2D eigenvalue weighted by molar-refractivity contribution is -0.116. The second kappa shape index (κ2) is 11.1. The van der Waals surface area contributed by atoms with Gasteiger partial charge in [0.1, 0.15) is 0 Å². The van der Waals surface area contributed by atoms with Crippen LogP contribution in [0.15, 0.2) is 59.5 Å². The SMILES string of the molecule is CSc1ccccc1NC(=O)CCN(Cc1ccccc1)C(CO)C(C)C. The molecule has 1 unspecified atom stereocenters. The van der Waals surface area contributed by atoms with Gasteiger partial charge in [0.25, 0.3) is 0 Å². The monoisotopic (exact) mass is 386 g/mol. The summed E-state index contributed by atoms with van der Waals surface area (Å²) in [6.07, 6.45) is 2.39. The summed E-state index contributed by atoms with van der Waals surface area (Å²) in [7, 11) is 0. The normalized spacial score (nSPS) is 12.4. The Balaban J connectivity index is 2.02. The van der Waals surface area contributed by atoms with Gasteiger partial charge in [0.15, 0.2) is 0 Å². The summed E-state index contributed by atoms with van der Waals surface area (Å²) in [4.78, 5) is 15.8. The van der Waals surface area contributed by atoms with Gasteiger partial charge in [-0.05, 0) is 29.9 Å². The van der Waals surface area contributed by atoms with Crippen LogP contribution < -0.4 is 5.32 Å². The van der Waals surface area contributed by atoms with Crippen molar-refractivity contribution in [2.45, 2.75) is 37.8 Å². The molecule has 0 spiro atoms. The van der Waals surface area contributed by atoms with Gasteiger partial charge in [-0.2, -0.15) is 0 Å². The van der Waals surface area contributed by atoms with E-state index in [1.54, 1.807) is 11.8 Å². The predicted octanol–water partition coefficient (Wildman–Crippen LogP) is 4.26. The molecular formula is C22H30N2O2S. The molecule has 0 heterocycles. The molecule has 0 saturated carbocycles. The number of nitrogens with one attached hydrogen (secondary N) is 1. The number of thioether (sulfide) groups is 1. The first kappa shape index (κ1) is 21.5.